The van der Waals surface area contributed by atoms with E-state index in [4.69, 9.17) is 5.14 Å². The fourth-order valence-corrected chi connectivity index (χ4v) is 2.92. The van der Waals surface area contributed by atoms with Crippen molar-refractivity contribution >= 4 is 26.7 Å². The molecule has 9 heteroatoms. The molecule has 0 aliphatic carbocycles. The summed E-state index contributed by atoms with van der Waals surface area (Å²) < 4.78 is 47.5. The molecule has 0 bridgehead atoms. The lowest BCUT2D eigenvalue weighted by molar-refractivity contribution is 0.0955. The zero-order chi connectivity index (χ0) is 16.2. The summed E-state index contributed by atoms with van der Waals surface area (Å²) in [6.07, 6.45) is 0. The van der Waals surface area contributed by atoms with E-state index >= 15 is 0 Å². The highest BCUT2D eigenvalue weighted by molar-refractivity contribution is 7.89. The molecule has 1 aromatic carbocycles. The molecule has 0 aliphatic rings. The normalized spacial score (nSPS) is 13.0. The summed E-state index contributed by atoms with van der Waals surface area (Å²) >= 11 is 0. The Bertz CT molecular complexity index is 674. The fraction of sp³-hybridized carbons (Fsp3) is 0.417. The number of amides is 1. The van der Waals surface area contributed by atoms with Gasteiger partial charge in [-0.2, -0.15) is 0 Å². The number of carbonyl (C=O) groups is 1. The van der Waals surface area contributed by atoms with Crippen LogP contribution in [0.1, 0.15) is 22.8 Å². The van der Waals surface area contributed by atoms with Crippen LogP contribution in [0, 0.1) is 12.7 Å². The number of hydrogen-bond acceptors (Lipinski definition) is 4. The van der Waals surface area contributed by atoms with Gasteiger partial charge in [0.05, 0.1) is 0 Å². The zero-order valence-electron chi connectivity index (χ0n) is 11.7. The van der Waals surface area contributed by atoms with E-state index in [0.717, 1.165) is 6.07 Å². The van der Waals surface area contributed by atoms with Crippen LogP contribution >= 0.6 is 0 Å². The SMILES string of the molecule is CCS(=O)CCNC(=O)c1cc(C)c(F)c(S(N)(=O)=O)c1. The molecule has 0 fully saturated rings. The summed E-state index contributed by atoms with van der Waals surface area (Å²) in [6, 6.07) is 2.12. The lowest BCUT2D eigenvalue weighted by atomic mass is 10.1. The van der Waals surface area contributed by atoms with E-state index in [0.29, 0.717) is 11.5 Å². The highest BCUT2D eigenvalue weighted by atomic mass is 32.2. The average molecular weight is 336 g/mol. The van der Waals surface area contributed by atoms with Crippen molar-refractivity contribution in [2.45, 2.75) is 18.7 Å². The van der Waals surface area contributed by atoms with Crippen LogP contribution in [-0.4, -0.2) is 36.6 Å². The van der Waals surface area contributed by atoms with E-state index < -0.39 is 37.4 Å². The molecule has 0 aliphatic heterocycles. The van der Waals surface area contributed by atoms with Crippen LogP contribution in [0.3, 0.4) is 0 Å². The summed E-state index contributed by atoms with van der Waals surface area (Å²) in [5, 5.41) is 7.41. The first-order valence-electron chi connectivity index (χ1n) is 6.13. The van der Waals surface area contributed by atoms with Gasteiger partial charge in [-0.15, -0.1) is 0 Å². The molecule has 1 rings (SSSR count). The smallest absolute Gasteiger partial charge is 0.251 e. The maximum atomic E-state index is 13.7. The predicted molar refractivity (Wildman–Crippen MR) is 78.4 cm³/mol. The minimum absolute atomic E-state index is 0.00353. The topological polar surface area (TPSA) is 106 Å². The maximum Gasteiger partial charge on any atom is 0.251 e. The Kier molecular flexibility index (Phi) is 5.99. The number of rotatable bonds is 6. The number of benzene rings is 1. The summed E-state index contributed by atoms with van der Waals surface area (Å²) in [5.74, 6) is -0.761. The van der Waals surface area contributed by atoms with Gasteiger partial charge in [-0.3, -0.25) is 9.00 Å². The number of nitrogens with one attached hydrogen (secondary N) is 1. The summed E-state index contributed by atoms with van der Waals surface area (Å²) in [7, 11) is -5.27. The number of primary sulfonamides is 1. The highest BCUT2D eigenvalue weighted by Crippen LogP contribution is 2.19. The molecule has 0 heterocycles. The number of halogens is 1. The molecule has 0 aromatic heterocycles. The number of carbonyl (C=O) groups excluding carboxylic acids is 1. The quantitative estimate of drug-likeness (QED) is 0.778. The third-order valence-electron chi connectivity index (χ3n) is 2.73. The van der Waals surface area contributed by atoms with Crippen LogP contribution in [0.5, 0.6) is 0 Å². The van der Waals surface area contributed by atoms with Crippen LogP contribution in [-0.2, 0) is 20.8 Å². The summed E-state index contributed by atoms with van der Waals surface area (Å²) in [6.45, 7) is 3.28. The van der Waals surface area contributed by atoms with E-state index in [1.807, 2.05) is 0 Å². The van der Waals surface area contributed by atoms with Crippen LogP contribution in [0.15, 0.2) is 17.0 Å². The largest absolute Gasteiger partial charge is 0.351 e. The van der Waals surface area contributed by atoms with Gasteiger partial charge in [-0.05, 0) is 24.6 Å². The van der Waals surface area contributed by atoms with Gasteiger partial charge in [0.1, 0.15) is 10.7 Å². The summed E-state index contributed by atoms with van der Waals surface area (Å²) in [5.41, 5.74) is -0.0102. The molecule has 0 saturated heterocycles. The van der Waals surface area contributed by atoms with Crippen molar-refractivity contribution in [1.29, 1.82) is 0 Å². The van der Waals surface area contributed by atoms with E-state index in [1.54, 1.807) is 6.92 Å². The second kappa shape index (κ2) is 7.10. The molecule has 3 N–H and O–H groups in total. The van der Waals surface area contributed by atoms with Crippen molar-refractivity contribution in [2.24, 2.45) is 5.14 Å². The monoisotopic (exact) mass is 336 g/mol. The number of hydrogen-bond donors (Lipinski definition) is 2. The van der Waals surface area contributed by atoms with Gasteiger partial charge in [0.25, 0.3) is 5.91 Å². The molecule has 1 atom stereocenters. The van der Waals surface area contributed by atoms with Gasteiger partial charge >= 0.3 is 0 Å². The first-order chi connectivity index (χ1) is 9.66. The number of sulfonamides is 1. The van der Waals surface area contributed by atoms with Crippen molar-refractivity contribution in [1.82, 2.24) is 5.32 Å². The third-order valence-corrected chi connectivity index (χ3v) is 4.94. The average Bonchev–Trinajstić information content (AvgIpc) is 2.39. The van der Waals surface area contributed by atoms with E-state index in [1.165, 1.54) is 13.0 Å². The maximum absolute atomic E-state index is 13.7. The molecule has 0 radical (unpaired) electrons. The zero-order valence-corrected chi connectivity index (χ0v) is 13.3. The molecule has 118 valence electrons. The van der Waals surface area contributed by atoms with Crippen LogP contribution in [0.4, 0.5) is 4.39 Å². The van der Waals surface area contributed by atoms with Gasteiger partial charge < -0.3 is 5.32 Å². The van der Waals surface area contributed by atoms with Crippen molar-refractivity contribution in [3.8, 4) is 0 Å². The molecule has 0 spiro atoms. The van der Waals surface area contributed by atoms with Gasteiger partial charge in [0, 0.05) is 34.4 Å². The van der Waals surface area contributed by atoms with Gasteiger partial charge in [0.15, 0.2) is 0 Å². The van der Waals surface area contributed by atoms with Crippen LogP contribution in [0.25, 0.3) is 0 Å². The minimum Gasteiger partial charge on any atom is -0.351 e. The second-order valence-corrected chi connectivity index (χ2v) is 7.73. The molecular formula is C12H17FN2O4S2. The summed E-state index contributed by atoms with van der Waals surface area (Å²) in [4.78, 5) is 11.2. The standard InChI is InChI=1S/C12H17FN2O4S2/c1-3-20(17)5-4-15-12(16)9-6-8(2)11(13)10(7-9)21(14,18)19/h6-7H,3-5H2,1-2H3,(H,15,16)(H2,14,18,19). The van der Waals surface area contributed by atoms with Gasteiger partial charge in [0.2, 0.25) is 10.0 Å². The van der Waals surface area contributed by atoms with E-state index in [-0.39, 0.29) is 17.7 Å². The Morgan fingerprint density at radius 1 is 1.43 bits per heavy atom. The second-order valence-electron chi connectivity index (χ2n) is 4.34. The van der Waals surface area contributed by atoms with Crippen LogP contribution in [0.2, 0.25) is 0 Å². The number of nitrogens with two attached hydrogens (primary N) is 1. The highest BCUT2D eigenvalue weighted by Gasteiger charge is 2.19. The van der Waals surface area contributed by atoms with Crippen LogP contribution < -0.4 is 10.5 Å². The Morgan fingerprint density at radius 2 is 2.05 bits per heavy atom. The number of aryl methyl sites for hydroxylation is 1. The first kappa shape index (κ1) is 17.7. The molecule has 21 heavy (non-hydrogen) atoms. The van der Waals surface area contributed by atoms with Gasteiger partial charge in [-0.25, -0.2) is 17.9 Å². The first-order valence-corrected chi connectivity index (χ1v) is 9.16. The third kappa shape index (κ3) is 4.87. The Balaban J connectivity index is 2.96. The lowest BCUT2D eigenvalue weighted by Gasteiger charge is -2.09. The molecular weight excluding hydrogens is 319 g/mol. The van der Waals surface area contributed by atoms with Crippen molar-refractivity contribution in [3.05, 3.63) is 29.1 Å². The van der Waals surface area contributed by atoms with Crippen molar-refractivity contribution < 1.29 is 21.8 Å². The minimum atomic E-state index is -4.25. The molecule has 1 unspecified atom stereocenters. The van der Waals surface area contributed by atoms with E-state index in [9.17, 15) is 21.8 Å². The Morgan fingerprint density at radius 3 is 2.57 bits per heavy atom. The molecule has 6 nitrogen and oxygen atoms in total. The predicted octanol–water partition coefficient (Wildman–Crippen LogP) is 0.280. The molecule has 0 saturated carbocycles. The molecule has 1 amide bonds. The lowest BCUT2D eigenvalue weighted by Crippen LogP contribution is -2.28. The van der Waals surface area contributed by atoms with Crippen molar-refractivity contribution in [2.75, 3.05) is 18.1 Å². The molecule has 1 aromatic rings. The Labute approximate surface area is 125 Å². The van der Waals surface area contributed by atoms with E-state index in [2.05, 4.69) is 5.32 Å². The van der Waals surface area contributed by atoms with Gasteiger partial charge in [-0.1, -0.05) is 6.92 Å². The Hall–Kier alpha value is -1.32. The fourth-order valence-electron chi connectivity index (χ4n) is 1.60. The van der Waals surface area contributed by atoms with Crippen molar-refractivity contribution in [3.63, 3.8) is 0 Å².